The van der Waals surface area contributed by atoms with Crippen molar-refractivity contribution >= 4 is 37.6 Å². The highest BCUT2D eigenvalue weighted by atomic mass is 79.9. The van der Waals surface area contributed by atoms with E-state index < -0.39 is 85.7 Å². The highest BCUT2D eigenvalue weighted by Crippen LogP contribution is 2.44. The van der Waals surface area contributed by atoms with E-state index in [9.17, 15) is 57.5 Å². The zero-order valence-electron chi connectivity index (χ0n) is 15.9. The van der Waals surface area contributed by atoms with Crippen molar-refractivity contribution in [1.29, 1.82) is 0 Å². The standard InChI is InChI=1S/C19H8Br2F12O/c20-5-7-1-9(16(22,23)24)3-11(13(7)18(28,29)30)15(34)12-4-10(17(25,26)27)2-8(6-21)14(12)19(31,32)33/h1-4H,5-6H2. The van der Waals surface area contributed by atoms with E-state index in [-0.39, 0.29) is 24.3 Å². The Balaban J connectivity index is 3.06. The zero-order chi connectivity index (χ0) is 26.4. The molecular weight excluding hydrogens is 632 g/mol. The summed E-state index contributed by atoms with van der Waals surface area (Å²) in [7, 11) is 0. The van der Waals surface area contributed by atoms with Crippen LogP contribution in [0.5, 0.6) is 0 Å². The maximum Gasteiger partial charge on any atom is 0.417 e. The van der Waals surface area contributed by atoms with Crippen molar-refractivity contribution in [3.05, 3.63) is 68.8 Å². The van der Waals surface area contributed by atoms with Crippen molar-refractivity contribution in [3.63, 3.8) is 0 Å². The topological polar surface area (TPSA) is 17.1 Å². The van der Waals surface area contributed by atoms with Gasteiger partial charge in [-0.2, -0.15) is 52.7 Å². The number of hydrogen-bond donors (Lipinski definition) is 0. The largest absolute Gasteiger partial charge is 0.417 e. The van der Waals surface area contributed by atoms with Gasteiger partial charge in [0.25, 0.3) is 0 Å². The molecule has 0 heterocycles. The van der Waals surface area contributed by atoms with E-state index in [1.165, 1.54) is 0 Å². The molecule has 0 aliphatic rings. The quantitative estimate of drug-likeness (QED) is 0.186. The lowest BCUT2D eigenvalue weighted by molar-refractivity contribution is -0.142. The zero-order valence-corrected chi connectivity index (χ0v) is 19.1. The van der Waals surface area contributed by atoms with Gasteiger partial charge in [-0.05, 0) is 35.4 Å². The fourth-order valence-corrected chi connectivity index (χ4v) is 4.00. The van der Waals surface area contributed by atoms with Crippen LogP contribution < -0.4 is 0 Å². The number of carbonyl (C=O) groups excluding carboxylic acids is 1. The summed E-state index contributed by atoms with van der Waals surface area (Å²) in [6.45, 7) is 0. The number of alkyl halides is 14. The fourth-order valence-electron chi connectivity index (χ4n) is 3.12. The summed E-state index contributed by atoms with van der Waals surface area (Å²) in [5.41, 5.74) is -13.7. The van der Waals surface area contributed by atoms with E-state index in [1.54, 1.807) is 0 Å². The lowest BCUT2D eigenvalue weighted by atomic mass is 9.88. The van der Waals surface area contributed by atoms with Crippen LogP contribution in [0.25, 0.3) is 0 Å². The maximum atomic E-state index is 13.7. The number of carbonyl (C=O) groups is 1. The summed E-state index contributed by atoms with van der Waals surface area (Å²) >= 11 is 5.07. The summed E-state index contributed by atoms with van der Waals surface area (Å²) in [5.74, 6) is -2.30. The Bertz CT molecular complexity index is 1010. The van der Waals surface area contributed by atoms with Gasteiger partial charge in [-0.25, -0.2) is 0 Å². The van der Waals surface area contributed by atoms with Crippen LogP contribution in [-0.4, -0.2) is 5.78 Å². The monoisotopic (exact) mass is 638 g/mol. The summed E-state index contributed by atoms with van der Waals surface area (Å²) in [6, 6.07) is -0.582. The molecule has 0 atom stereocenters. The first kappa shape index (κ1) is 28.5. The summed E-state index contributed by atoms with van der Waals surface area (Å²) in [4.78, 5) is 12.9. The normalized spacial score (nSPS) is 13.4. The second-order valence-corrected chi connectivity index (χ2v) is 7.82. The molecule has 0 fully saturated rings. The molecular formula is C19H8Br2F12O. The number of benzene rings is 2. The SMILES string of the molecule is O=C(c1cc(C(F)(F)F)cc(CBr)c1C(F)(F)F)c1cc(C(F)(F)F)cc(CBr)c1C(F)(F)F. The summed E-state index contributed by atoms with van der Waals surface area (Å²) in [5, 5.41) is -1.79. The van der Waals surface area contributed by atoms with E-state index in [0.29, 0.717) is 0 Å². The Labute approximate surface area is 199 Å². The lowest BCUT2D eigenvalue weighted by Crippen LogP contribution is -2.23. The number of halogens is 14. The van der Waals surface area contributed by atoms with Gasteiger partial charge < -0.3 is 0 Å². The molecule has 0 N–H and O–H groups in total. The predicted molar refractivity (Wildman–Crippen MR) is 102 cm³/mol. The van der Waals surface area contributed by atoms with Crippen LogP contribution >= 0.6 is 31.9 Å². The molecule has 0 radical (unpaired) electrons. The second-order valence-electron chi connectivity index (χ2n) is 6.70. The van der Waals surface area contributed by atoms with Crippen LogP contribution in [0.4, 0.5) is 52.7 Å². The minimum Gasteiger partial charge on any atom is -0.289 e. The first-order valence-corrected chi connectivity index (χ1v) is 10.8. The van der Waals surface area contributed by atoms with Gasteiger partial charge in [0.2, 0.25) is 0 Å². The minimum atomic E-state index is -5.53. The molecule has 0 spiro atoms. The molecule has 2 aromatic carbocycles. The molecule has 2 aromatic rings. The van der Waals surface area contributed by atoms with Crippen molar-refractivity contribution < 1.29 is 57.5 Å². The smallest absolute Gasteiger partial charge is 0.289 e. The van der Waals surface area contributed by atoms with E-state index >= 15 is 0 Å². The second kappa shape index (κ2) is 9.36. The summed E-state index contributed by atoms with van der Waals surface area (Å²) in [6.07, 6.45) is -21.7. The molecule has 0 bridgehead atoms. The third-order valence-corrected chi connectivity index (χ3v) is 5.65. The van der Waals surface area contributed by atoms with Crippen LogP contribution in [0.1, 0.15) is 49.3 Å². The fraction of sp³-hybridized carbons (Fsp3) is 0.316. The van der Waals surface area contributed by atoms with Crippen molar-refractivity contribution in [3.8, 4) is 0 Å². The first-order chi connectivity index (χ1) is 15.2. The number of rotatable bonds is 4. The average molecular weight is 640 g/mol. The molecule has 0 aliphatic carbocycles. The molecule has 1 nitrogen and oxygen atoms in total. The van der Waals surface area contributed by atoms with Crippen molar-refractivity contribution in [2.75, 3.05) is 0 Å². The molecule has 2 rings (SSSR count). The lowest BCUT2D eigenvalue weighted by Gasteiger charge is -2.22. The van der Waals surface area contributed by atoms with Gasteiger partial charge >= 0.3 is 24.7 Å². The van der Waals surface area contributed by atoms with E-state index in [1.807, 2.05) is 0 Å². The van der Waals surface area contributed by atoms with E-state index in [0.717, 1.165) is 0 Å². The third-order valence-electron chi connectivity index (χ3n) is 4.44. The third kappa shape index (κ3) is 5.89. The maximum absolute atomic E-state index is 13.7. The molecule has 0 saturated carbocycles. The number of hydrogen-bond acceptors (Lipinski definition) is 1. The van der Waals surface area contributed by atoms with E-state index in [4.69, 9.17) is 0 Å². The minimum absolute atomic E-state index is 0.0368. The Morgan fingerprint density at radius 2 is 0.853 bits per heavy atom. The van der Waals surface area contributed by atoms with Crippen molar-refractivity contribution in [2.45, 2.75) is 35.4 Å². The first-order valence-electron chi connectivity index (χ1n) is 8.52. The molecule has 0 aromatic heterocycles. The van der Waals surface area contributed by atoms with Crippen LogP contribution in [0, 0.1) is 0 Å². The summed E-state index contributed by atoms with van der Waals surface area (Å²) < 4.78 is 162. The van der Waals surface area contributed by atoms with Crippen LogP contribution in [0.15, 0.2) is 24.3 Å². The molecule has 0 amide bonds. The van der Waals surface area contributed by atoms with Crippen LogP contribution in [-0.2, 0) is 35.4 Å². The van der Waals surface area contributed by atoms with Crippen LogP contribution in [0.2, 0.25) is 0 Å². The van der Waals surface area contributed by atoms with Gasteiger partial charge in [-0.1, -0.05) is 31.9 Å². The van der Waals surface area contributed by atoms with Gasteiger partial charge in [0.15, 0.2) is 5.78 Å². The highest BCUT2D eigenvalue weighted by molar-refractivity contribution is 9.08. The van der Waals surface area contributed by atoms with Gasteiger partial charge in [-0.15, -0.1) is 0 Å². The van der Waals surface area contributed by atoms with Crippen molar-refractivity contribution in [2.24, 2.45) is 0 Å². The van der Waals surface area contributed by atoms with E-state index in [2.05, 4.69) is 31.9 Å². The Kier molecular flexibility index (Phi) is 7.83. The van der Waals surface area contributed by atoms with Gasteiger partial charge in [0, 0.05) is 21.8 Å². The van der Waals surface area contributed by atoms with Crippen LogP contribution in [0.3, 0.4) is 0 Å². The molecule has 188 valence electrons. The Morgan fingerprint density at radius 3 is 1.06 bits per heavy atom. The Morgan fingerprint density at radius 1 is 0.559 bits per heavy atom. The predicted octanol–water partition coefficient (Wildman–Crippen LogP) is 8.78. The Hall–Kier alpha value is -1.77. The number of ketones is 1. The average Bonchev–Trinajstić information content (AvgIpc) is 2.68. The molecule has 0 aliphatic heterocycles. The van der Waals surface area contributed by atoms with Gasteiger partial charge in [-0.3, -0.25) is 4.79 Å². The van der Waals surface area contributed by atoms with Gasteiger partial charge in [0.05, 0.1) is 22.3 Å². The van der Waals surface area contributed by atoms with Crippen molar-refractivity contribution in [1.82, 2.24) is 0 Å². The molecule has 15 heteroatoms. The molecule has 0 saturated heterocycles. The molecule has 0 unspecified atom stereocenters. The molecule has 34 heavy (non-hydrogen) atoms. The highest BCUT2D eigenvalue weighted by Gasteiger charge is 2.45. The van der Waals surface area contributed by atoms with Gasteiger partial charge in [0.1, 0.15) is 0 Å².